The van der Waals surface area contributed by atoms with Crippen LogP contribution in [0.15, 0.2) is 58.0 Å². The Morgan fingerprint density at radius 2 is 1.85 bits per heavy atom. The number of hydrogen-bond acceptors (Lipinski definition) is 7. The molecule has 1 N–H and O–H groups in total. The van der Waals surface area contributed by atoms with Gasteiger partial charge in [-0.25, -0.2) is 4.98 Å². The fourth-order valence-electron chi connectivity index (χ4n) is 3.47. The van der Waals surface area contributed by atoms with Crippen LogP contribution in [-0.4, -0.2) is 30.3 Å². The van der Waals surface area contributed by atoms with E-state index in [9.17, 15) is 4.79 Å². The number of aromatic nitrogens is 5. The van der Waals surface area contributed by atoms with Gasteiger partial charge in [0.1, 0.15) is 5.69 Å². The minimum absolute atomic E-state index is 0. The molecule has 0 aliphatic carbocycles. The summed E-state index contributed by atoms with van der Waals surface area (Å²) in [5.74, 6) is 0.727. The fourth-order valence-corrected chi connectivity index (χ4v) is 3.47. The van der Waals surface area contributed by atoms with E-state index in [2.05, 4.69) is 47.3 Å². The molecule has 34 heavy (non-hydrogen) atoms. The monoisotopic (exact) mass is 462 g/mol. The number of hydrogen-bond donors (Lipinski definition) is 1. The summed E-state index contributed by atoms with van der Waals surface area (Å²) in [6.07, 6.45) is 3.48. The SMILES string of the molecule is Cc1ncc(-c2ccc(=O)n(C(C)C)c2)nc1-c1nnc(-c2cccc(CNC(C)(C)C)c2)o1.[HH].[HH]. The highest BCUT2D eigenvalue weighted by atomic mass is 16.4. The maximum Gasteiger partial charge on any atom is 0.268 e. The predicted molar refractivity (Wildman–Crippen MR) is 136 cm³/mol. The molecule has 0 spiro atoms. The smallest absolute Gasteiger partial charge is 0.268 e. The molecular weight excluding hydrogens is 428 g/mol. The van der Waals surface area contributed by atoms with Gasteiger partial charge < -0.3 is 14.3 Å². The van der Waals surface area contributed by atoms with Crippen LogP contribution in [0.1, 0.15) is 54.8 Å². The summed E-state index contributed by atoms with van der Waals surface area (Å²) >= 11 is 0. The Balaban J connectivity index is 0.00000228. The van der Waals surface area contributed by atoms with Gasteiger partial charge in [-0.15, -0.1) is 10.2 Å². The lowest BCUT2D eigenvalue weighted by atomic mass is 10.1. The van der Waals surface area contributed by atoms with E-state index in [1.54, 1.807) is 29.1 Å². The van der Waals surface area contributed by atoms with Crippen molar-refractivity contribution in [3.63, 3.8) is 0 Å². The van der Waals surface area contributed by atoms with E-state index in [0.717, 1.165) is 23.2 Å². The Labute approximate surface area is 202 Å². The lowest BCUT2D eigenvalue weighted by Crippen LogP contribution is -2.35. The summed E-state index contributed by atoms with van der Waals surface area (Å²) < 4.78 is 7.68. The van der Waals surface area contributed by atoms with E-state index < -0.39 is 0 Å². The Hall–Kier alpha value is -3.65. The summed E-state index contributed by atoms with van der Waals surface area (Å²) in [5, 5.41) is 12.0. The highest BCUT2D eigenvalue weighted by Crippen LogP contribution is 2.27. The maximum absolute atomic E-state index is 12.1. The molecule has 0 fully saturated rings. The molecule has 0 unspecified atom stereocenters. The molecule has 8 nitrogen and oxygen atoms in total. The molecule has 0 saturated carbocycles. The van der Waals surface area contributed by atoms with Crippen molar-refractivity contribution >= 4 is 0 Å². The third kappa shape index (κ3) is 5.28. The zero-order chi connectivity index (χ0) is 24.5. The zero-order valence-electron chi connectivity index (χ0n) is 20.5. The van der Waals surface area contributed by atoms with Gasteiger partial charge in [0.25, 0.3) is 11.4 Å². The average Bonchev–Trinajstić information content (AvgIpc) is 3.28. The largest absolute Gasteiger partial charge is 0.415 e. The molecule has 0 aliphatic rings. The van der Waals surface area contributed by atoms with Crippen LogP contribution in [0.3, 0.4) is 0 Å². The lowest BCUT2D eigenvalue weighted by Gasteiger charge is -2.20. The van der Waals surface area contributed by atoms with Gasteiger partial charge in [0.15, 0.2) is 0 Å². The Morgan fingerprint density at radius 1 is 1.09 bits per heavy atom. The number of nitrogens with one attached hydrogen (secondary N) is 1. The van der Waals surface area contributed by atoms with Crippen LogP contribution in [0.5, 0.6) is 0 Å². The first-order chi connectivity index (χ1) is 16.1. The number of rotatable bonds is 6. The predicted octanol–water partition coefficient (Wildman–Crippen LogP) is 5.29. The van der Waals surface area contributed by atoms with E-state index in [1.807, 2.05) is 39.0 Å². The first kappa shape index (κ1) is 23.5. The number of nitrogens with zero attached hydrogens (tertiary/aromatic N) is 5. The molecule has 0 amide bonds. The van der Waals surface area contributed by atoms with Gasteiger partial charge in [-0.05, 0) is 65.3 Å². The average molecular weight is 463 g/mol. The topological polar surface area (TPSA) is 98.7 Å². The first-order valence-corrected chi connectivity index (χ1v) is 11.3. The molecule has 3 heterocycles. The van der Waals surface area contributed by atoms with Gasteiger partial charge in [-0.2, -0.15) is 0 Å². The summed E-state index contributed by atoms with van der Waals surface area (Å²) in [5.41, 5.74) is 4.56. The van der Waals surface area contributed by atoms with Crippen molar-refractivity contribution in [2.45, 2.75) is 59.7 Å². The van der Waals surface area contributed by atoms with Crippen LogP contribution in [0.25, 0.3) is 34.3 Å². The van der Waals surface area contributed by atoms with E-state index in [-0.39, 0.29) is 20.0 Å². The second-order valence-electron chi connectivity index (χ2n) is 9.66. The number of pyridine rings is 1. The van der Waals surface area contributed by atoms with Crippen molar-refractivity contribution in [3.05, 3.63) is 70.4 Å². The van der Waals surface area contributed by atoms with E-state index in [1.165, 1.54) is 0 Å². The molecule has 0 atom stereocenters. The van der Waals surface area contributed by atoms with Gasteiger partial charge in [-0.3, -0.25) is 9.78 Å². The van der Waals surface area contributed by atoms with E-state index in [4.69, 9.17) is 9.40 Å². The molecule has 0 saturated heterocycles. The van der Waals surface area contributed by atoms with Crippen molar-refractivity contribution < 1.29 is 7.27 Å². The Morgan fingerprint density at radius 3 is 2.59 bits per heavy atom. The van der Waals surface area contributed by atoms with E-state index >= 15 is 0 Å². The number of aryl methyl sites for hydroxylation is 1. The van der Waals surface area contributed by atoms with Crippen LogP contribution < -0.4 is 10.9 Å². The minimum Gasteiger partial charge on any atom is -0.415 e. The first-order valence-electron chi connectivity index (χ1n) is 11.3. The van der Waals surface area contributed by atoms with Crippen molar-refractivity contribution in [2.24, 2.45) is 0 Å². The maximum atomic E-state index is 12.1. The van der Waals surface area contributed by atoms with Gasteiger partial charge in [0, 0.05) is 44.4 Å². The van der Waals surface area contributed by atoms with Crippen LogP contribution in [-0.2, 0) is 6.54 Å². The van der Waals surface area contributed by atoms with Gasteiger partial charge in [0.2, 0.25) is 5.89 Å². The summed E-state index contributed by atoms with van der Waals surface area (Å²) in [7, 11) is 0. The standard InChI is InChI=1S/C26H30N6O2.2H2/c1-16(2)32-15-20(10-11-22(32)33)21-14-27-17(3)23(29-21)25-31-30-24(34-25)19-9-7-8-18(12-19)13-28-26(4,5)6;;/h7-12,14-16,28H,13H2,1-6H3;2*1H. The molecule has 0 bridgehead atoms. The van der Waals surface area contributed by atoms with Crippen molar-refractivity contribution in [1.82, 2.24) is 30.0 Å². The quantitative estimate of drug-likeness (QED) is 0.415. The Kier molecular flexibility index (Phi) is 6.43. The summed E-state index contributed by atoms with van der Waals surface area (Å²) in [6.45, 7) is 12.9. The molecule has 180 valence electrons. The fraction of sp³-hybridized carbons (Fsp3) is 0.346. The minimum atomic E-state index is -0.0551. The molecule has 0 aliphatic heterocycles. The molecule has 8 heteroatoms. The van der Waals surface area contributed by atoms with Crippen LogP contribution in [0.4, 0.5) is 0 Å². The van der Waals surface area contributed by atoms with Crippen molar-refractivity contribution in [3.8, 4) is 34.3 Å². The second-order valence-corrected chi connectivity index (χ2v) is 9.66. The molecule has 4 aromatic rings. The molecule has 1 aromatic carbocycles. The van der Waals surface area contributed by atoms with Crippen molar-refractivity contribution in [1.29, 1.82) is 0 Å². The van der Waals surface area contributed by atoms with E-state index in [0.29, 0.717) is 28.9 Å². The third-order valence-corrected chi connectivity index (χ3v) is 5.37. The van der Waals surface area contributed by atoms with Gasteiger partial charge >= 0.3 is 0 Å². The molecule has 4 rings (SSSR count). The van der Waals surface area contributed by atoms with Crippen LogP contribution in [0, 0.1) is 6.92 Å². The van der Waals surface area contributed by atoms with Crippen molar-refractivity contribution in [2.75, 3.05) is 0 Å². The number of benzene rings is 1. The van der Waals surface area contributed by atoms with Gasteiger partial charge in [0.05, 0.1) is 17.6 Å². The third-order valence-electron chi connectivity index (χ3n) is 5.37. The van der Waals surface area contributed by atoms with Crippen LogP contribution >= 0.6 is 0 Å². The highest BCUT2D eigenvalue weighted by molar-refractivity contribution is 5.63. The summed E-state index contributed by atoms with van der Waals surface area (Å²) in [6, 6.07) is 11.4. The van der Waals surface area contributed by atoms with Crippen LogP contribution in [0.2, 0.25) is 0 Å². The Bertz CT molecular complexity index is 1380. The summed E-state index contributed by atoms with van der Waals surface area (Å²) in [4.78, 5) is 21.4. The molecule has 0 radical (unpaired) electrons. The normalized spacial score (nSPS) is 11.9. The van der Waals surface area contributed by atoms with Gasteiger partial charge in [-0.1, -0.05) is 12.1 Å². The molecular formula is C26H34N6O2. The second kappa shape index (κ2) is 9.30. The highest BCUT2D eigenvalue weighted by Gasteiger charge is 2.17. The molecule has 3 aromatic heterocycles. The zero-order valence-corrected chi connectivity index (χ0v) is 20.5. The lowest BCUT2D eigenvalue weighted by molar-refractivity contribution is 0.424.